The van der Waals surface area contributed by atoms with E-state index < -0.39 is 0 Å². The number of para-hydroxylation sites is 1. The van der Waals surface area contributed by atoms with Crippen LogP contribution < -0.4 is 14.8 Å². The number of methoxy groups -OCH3 is 2. The highest BCUT2D eigenvalue weighted by atomic mass is 16.5. The van der Waals surface area contributed by atoms with Crippen LogP contribution in [0.3, 0.4) is 0 Å². The Morgan fingerprint density at radius 3 is 2.50 bits per heavy atom. The monoisotopic (exact) mass is 306 g/mol. The van der Waals surface area contributed by atoms with Crippen molar-refractivity contribution in [1.29, 1.82) is 0 Å². The molecule has 5 heteroatoms. The zero-order chi connectivity index (χ0) is 16.1. The van der Waals surface area contributed by atoms with Crippen molar-refractivity contribution >= 4 is 6.03 Å². The van der Waals surface area contributed by atoms with E-state index in [1.54, 1.807) is 14.2 Å². The largest absolute Gasteiger partial charge is 0.493 e. The van der Waals surface area contributed by atoms with Gasteiger partial charge in [-0.25, -0.2) is 4.79 Å². The Morgan fingerprint density at radius 1 is 1.23 bits per heavy atom. The number of ether oxygens (including phenoxy) is 2. The predicted octanol–water partition coefficient (Wildman–Crippen LogP) is 2.89. The van der Waals surface area contributed by atoms with Crippen molar-refractivity contribution in [3.63, 3.8) is 0 Å². The molecular weight excluding hydrogens is 280 g/mol. The molecule has 22 heavy (non-hydrogen) atoms. The lowest BCUT2D eigenvalue weighted by atomic mass is 9.92. The Balaban J connectivity index is 1.99. The van der Waals surface area contributed by atoms with E-state index in [-0.39, 0.29) is 6.03 Å². The molecule has 5 nitrogen and oxygen atoms in total. The van der Waals surface area contributed by atoms with Gasteiger partial charge in [0.25, 0.3) is 0 Å². The van der Waals surface area contributed by atoms with Gasteiger partial charge < -0.3 is 19.7 Å². The first-order valence-electron chi connectivity index (χ1n) is 7.77. The number of piperidine rings is 1. The summed E-state index contributed by atoms with van der Waals surface area (Å²) in [6.07, 6.45) is 1.19. The van der Waals surface area contributed by atoms with Gasteiger partial charge in [0, 0.05) is 25.2 Å². The molecule has 1 heterocycles. The van der Waals surface area contributed by atoms with Gasteiger partial charge in [-0.2, -0.15) is 0 Å². The van der Waals surface area contributed by atoms with Gasteiger partial charge in [0.2, 0.25) is 0 Å². The van der Waals surface area contributed by atoms with E-state index in [9.17, 15) is 4.79 Å². The second-order valence-corrected chi connectivity index (χ2v) is 6.16. The van der Waals surface area contributed by atoms with Crippen molar-refractivity contribution in [3.05, 3.63) is 23.8 Å². The third-order valence-corrected chi connectivity index (χ3v) is 4.07. The summed E-state index contributed by atoms with van der Waals surface area (Å²) in [4.78, 5) is 14.3. The third-order valence-electron chi connectivity index (χ3n) is 4.07. The van der Waals surface area contributed by atoms with Crippen LogP contribution in [0, 0.1) is 11.8 Å². The molecule has 1 fully saturated rings. The van der Waals surface area contributed by atoms with E-state index in [1.165, 1.54) is 6.42 Å². The molecule has 2 amide bonds. The van der Waals surface area contributed by atoms with Crippen LogP contribution in [0.15, 0.2) is 18.2 Å². The number of nitrogens with zero attached hydrogens (tertiary/aromatic N) is 1. The minimum Gasteiger partial charge on any atom is -0.493 e. The molecule has 0 radical (unpaired) electrons. The first-order valence-corrected chi connectivity index (χ1v) is 7.77. The van der Waals surface area contributed by atoms with Crippen molar-refractivity contribution in [3.8, 4) is 11.5 Å². The molecule has 0 aliphatic carbocycles. The van der Waals surface area contributed by atoms with Crippen LogP contribution in [0.25, 0.3) is 0 Å². The molecule has 1 saturated heterocycles. The maximum absolute atomic E-state index is 12.4. The fourth-order valence-electron chi connectivity index (χ4n) is 3.20. The summed E-state index contributed by atoms with van der Waals surface area (Å²) in [5.41, 5.74) is 0.910. The average Bonchev–Trinajstić information content (AvgIpc) is 2.50. The molecule has 1 aromatic rings. The lowest BCUT2D eigenvalue weighted by molar-refractivity contribution is 0.146. The Hall–Kier alpha value is -1.91. The van der Waals surface area contributed by atoms with Gasteiger partial charge in [-0.15, -0.1) is 0 Å². The van der Waals surface area contributed by atoms with Gasteiger partial charge in [-0.05, 0) is 24.3 Å². The summed E-state index contributed by atoms with van der Waals surface area (Å²) in [6.45, 7) is 6.47. The normalized spacial score (nSPS) is 21.4. The highest BCUT2D eigenvalue weighted by Crippen LogP contribution is 2.30. The maximum Gasteiger partial charge on any atom is 0.317 e. The summed E-state index contributed by atoms with van der Waals surface area (Å²) < 4.78 is 10.7. The van der Waals surface area contributed by atoms with Crippen LogP contribution in [0.5, 0.6) is 11.5 Å². The molecule has 2 unspecified atom stereocenters. The summed E-state index contributed by atoms with van der Waals surface area (Å²) in [7, 11) is 3.22. The molecular formula is C17H26N2O3. The second-order valence-electron chi connectivity index (χ2n) is 6.16. The molecule has 122 valence electrons. The average molecular weight is 306 g/mol. The standard InChI is InChI=1S/C17H26N2O3/c1-12-8-13(2)11-19(10-12)17(20)18-9-14-6-5-7-15(21-3)16(14)22-4/h5-7,12-13H,8-11H2,1-4H3,(H,18,20). The van der Waals surface area contributed by atoms with E-state index in [1.807, 2.05) is 23.1 Å². The van der Waals surface area contributed by atoms with Crippen LogP contribution in [0.4, 0.5) is 4.79 Å². The molecule has 1 aliphatic heterocycles. The van der Waals surface area contributed by atoms with Crippen molar-refractivity contribution in [2.24, 2.45) is 11.8 Å². The van der Waals surface area contributed by atoms with Crippen molar-refractivity contribution in [2.45, 2.75) is 26.8 Å². The van der Waals surface area contributed by atoms with Crippen LogP contribution in [0.2, 0.25) is 0 Å². The number of amides is 2. The van der Waals surface area contributed by atoms with Gasteiger partial charge in [0.15, 0.2) is 11.5 Å². The summed E-state index contributed by atoms with van der Waals surface area (Å²) in [5, 5.41) is 2.99. The number of hydrogen-bond donors (Lipinski definition) is 1. The summed E-state index contributed by atoms with van der Waals surface area (Å²) in [6, 6.07) is 5.66. The number of likely N-dealkylation sites (tertiary alicyclic amines) is 1. The summed E-state index contributed by atoms with van der Waals surface area (Å²) >= 11 is 0. The van der Waals surface area contributed by atoms with E-state index >= 15 is 0 Å². The lowest BCUT2D eigenvalue weighted by Crippen LogP contribution is -2.47. The fraction of sp³-hybridized carbons (Fsp3) is 0.588. The Bertz CT molecular complexity index is 509. The number of nitrogens with one attached hydrogen (secondary N) is 1. The Morgan fingerprint density at radius 2 is 1.91 bits per heavy atom. The quantitative estimate of drug-likeness (QED) is 0.930. The van der Waals surface area contributed by atoms with Gasteiger partial charge >= 0.3 is 6.03 Å². The van der Waals surface area contributed by atoms with Crippen molar-refractivity contribution in [1.82, 2.24) is 10.2 Å². The van der Waals surface area contributed by atoms with E-state index in [4.69, 9.17) is 9.47 Å². The number of rotatable bonds is 4. The van der Waals surface area contributed by atoms with Crippen LogP contribution >= 0.6 is 0 Å². The van der Waals surface area contributed by atoms with Gasteiger partial charge in [0.1, 0.15) is 0 Å². The number of hydrogen-bond acceptors (Lipinski definition) is 3. The zero-order valence-electron chi connectivity index (χ0n) is 13.9. The van der Waals surface area contributed by atoms with Crippen LogP contribution in [-0.2, 0) is 6.54 Å². The lowest BCUT2D eigenvalue weighted by Gasteiger charge is -2.35. The fourth-order valence-corrected chi connectivity index (χ4v) is 3.20. The molecule has 0 spiro atoms. The smallest absolute Gasteiger partial charge is 0.317 e. The molecule has 2 atom stereocenters. The Labute approximate surface area is 132 Å². The highest BCUT2D eigenvalue weighted by Gasteiger charge is 2.25. The van der Waals surface area contributed by atoms with Crippen molar-refractivity contribution < 1.29 is 14.3 Å². The van der Waals surface area contributed by atoms with Gasteiger partial charge in [-0.3, -0.25) is 0 Å². The van der Waals surface area contributed by atoms with Gasteiger partial charge in [-0.1, -0.05) is 26.0 Å². The minimum absolute atomic E-state index is 0.0109. The SMILES string of the molecule is COc1cccc(CNC(=O)N2CC(C)CC(C)C2)c1OC. The molecule has 1 aromatic carbocycles. The van der Waals surface area contributed by atoms with E-state index in [0.717, 1.165) is 18.7 Å². The van der Waals surface area contributed by atoms with Gasteiger partial charge in [0.05, 0.1) is 14.2 Å². The molecule has 0 aromatic heterocycles. The maximum atomic E-state index is 12.4. The Kier molecular flexibility index (Phi) is 5.52. The molecule has 0 saturated carbocycles. The van der Waals surface area contributed by atoms with E-state index in [2.05, 4.69) is 19.2 Å². The van der Waals surface area contributed by atoms with Crippen LogP contribution in [0.1, 0.15) is 25.8 Å². The highest BCUT2D eigenvalue weighted by molar-refractivity contribution is 5.74. The number of urea groups is 1. The van der Waals surface area contributed by atoms with Crippen LogP contribution in [-0.4, -0.2) is 38.2 Å². The zero-order valence-corrected chi connectivity index (χ0v) is 13.9. The predicted molar refractivity (Wildman–Crippen MR) is 86.3 cm³/mol. The van der Waals surface area contributed by atoms with Crippen molar-refractivity contribution in [2.75, 3.05) is 27.3 Å². The second kappa shape index (κ2) is 7.38. The first-order chi connectivity index (χ1) is 10.5. The third kappa shape index (κ3) is 3.84. The number of carbonyl (C=O) groups is 1. The topological polar surface area (TPSA) is 50.8 Å². The molecule has 0 bridgehead atoms. The number of benzene rings is 1. The first kappa shape index (κ1) is 16.5. The minimum atomic E-state index is -0.0109. The molecule has 1 N–H and O–H groups in total. The number of carbonyl (C=O) groups excluding carboxylic acids is 1. The molecule has 1 aliphatic rings. The molecule has 2 rings (SSSR count). The van der Waals surface area contributed by atoms with E-state index in [0.29, 0.717) is 29.9 Å². The summed E-state index contributed by atoms with van der Waals surface area (Å²) in [5.74, 6) is 2.46.